The van der Waals surface area contributed by atoms with Crippen molar-refractivity contribution in [2.24, 2.45) is 0 Å². The first-order valence-corrected chi connectivity index (χ1v) is 4.18. The van der Waals surface area contributed by atoms with Crippen LogP contribution in [0.15, 0.2) is 0 Å². The number of carbonyl (C=O) groups excluding carboxylic acids is 2. The van der Waals surface area contributed by atoms with Crippen molar-refractivity contribution in [3.8, 4) is 0 Å². The first-order valence-electron chi connectivity index (χ1n) is 4.18. The lowest BCUT2D eigenvalue weighted by Gasteiger charge is -2.33. The first-order chi connectivity index (χ1) is 6.13. The van der Waals surface area contributed by atoms with Gasteiger partial charge in [-0.1, -0.05) is 0 Å². The van der Waals surface area contributed by atoms with Crippen LogP contribution in [0, 0.1) is 0 Å². The number of nitrogens with zero attached hydrogens (tertiary/aromatic N) is 1. The number of hydrogen-bond acceptors (Lipinski definition) is 4. The molecule has 0 saturated carbocycles. The largest absolute Gasteiger partial charge is 0.417 e. The number of amides is 1. The molecule has 2 atom stereocenters. The van der Waals surface area contributed by atoms with Crippen molar-refractivity contribution >= 4 is 12.6 Å². The molecule has 0 aliphatic carbocycles. The predicted molar refractivity (Wildman–Crippen MR) is 44.1 cm³/mol. The lowest BCUT2D eigenvalue weighted by atomic mass is 10.2. The third-order valence-corrected chi connectivity index (χ3v) is 1.83. The molecule has 5 heteroatoms. The molecule has 0 N–H and O–H groups in total. The molecule has 0 aromatic heterocycles. The highest BCUT2D eigenvalue weighted by molar-refractivity contribution is 5.74. The van der Waals surface area contributed by atoms with Gasteiger partial charge in [0.1, 0.15) is 0 Å². The maximum absolute atomic E-state index is 11.1. The lowest BCUT2D eigenvalue weighted by Crippen LogP contribution is -2.48. The number of rotatable bonds is 1. The molecule has 1 saturated heterocycles. The summed E-state index contributed by atoms with van der Waals surface area (Å²) in [5.41, 5.74) is 0. The van der Waals surface area contributed by atoms with Crippen LogP contribution in [-0.2, 0) is 14.3 Å². The molecule has 1 fully saturated rings. The summed E-state index contributed by atoms with van der Waals surface area (Å²) in [5.74, 6) is 0. The second kappa shape index (κ2) is 4.23. The van der Waals surface area contributed by atoms with Gasteiger partial charge in [0.25, 0.3) is 0 Å². The Morgan fingerprint density at radius 1 is 1.46 bits per heavy atom. The maximum atomic E-state index is 11.1. The smallest absolute Gasteiger partial charge is 0.379 e. The van der Waals surface area contributed by atoms with Gasteiger partial charge in [0.2, 0.25) is 0 Å². The van der Waals surface area contributed by atoms with E-state index in [2.05, 4.69) is 4.74 Å². The van der Waals surface area contributed by atoms with Crippen molar-refractivity contribution in [2.45, 2.75) is 26.1 Å². The molecule has 1 rings (SSSR count). The van der Waals surface area contributed by atoms with E-state index in [1.54, 1.807) is 0 Å². The fourth-order valence-electron chi connectivity index (χ4n) is 1.44. The third-order valence-electron chi connectivity index (χ3n) is 1.83. The summed E-state index contributed by atoms with van der Waals surface area (Å²) in [5, 5.41) is 0. The second-order valence-electron chi connectivity index (χ2n) is 3.14. The average Bonchev–Trinajstić information content (AvgIpc) is 2.03. The Kier molecular flexibility index (Phi) is 3.25. The van der Waals surface area contributed by atoms with E-state index in [9.17, 15) is 9.59 Å². The van der Waals surface area contributed by atoms with Crippen molar-refractivity contribution < 1.29 is 19.1 Å². The van der Waals surface area contributed by atoms with Crippen LogP contribution in [0.4, 0.5) is 4.79 Å². The minimum atomic E-state index is -0.600. The molecule has 1 aliphatic heterocycles. The number of morpholine rings is 1. The minimum Gasteiger partial charge on any atom is -0.379 e. The van der Waals surface area contributed by atoms with Gasteiger partial charge >= 0.3 is 12.6 Å². The van der Waals surface area contributed by atoms with E-state index < -0.39 is 6.09 Å². The summed E-state index contributed by atoms with van der Waals surface area (Å²) in [7, 11) is 0. The standard InChI is InChI=1S/C8H13NO4/c1-6-3-9(4-7(2)13-6)8(11)12-5-10/h5-7H,3-4H2,1-2H3/t6-,7+. The molecular formula is C8H13NO4. The van der Waals surface area contributed by atoms with E-state index >= 15 is 0 Å². The molecular weight excluding hydrogens is 174 g/mol. The molecule has 74 valence electrons. The zero-order valence-corrected chi connectivity index (χ0v) is 7.73. The van der Waals surface area contributed by atoms with Crippen LogP contribution in [0.25, 0.3) is 0 Å². The van der Waals surface area contributed by atoms with E-state index in [1.807, 2.05) is 13.8 Å². The molecule has 0 spiro atoms. The lowest BCUT2D eigenvalue weighted by molar-refractivity contribution is -0.126. The van der Waals surface area contributed by atoms with Crippen LogP contribution in [0.3, 0.4) is 0 Å². The fourth-order valence-corrected chi connectivity index (χ4v) is 1.44. The highest BCUT2D eigenvalue weighted by Gasteiger charge is 2.26. The summed E-state index contributed by atoms with van der Waals surface area (Å²) in [6.07, 6.45) is -0.622. The van der Waals surface area contributed by atoms with Gasteiger partial charge in [0.05, 0.1) is 25.3 Å². The summed E-state index contributed by atoms with van der Waals surface area (Å²) < 4.78 is 9.64. The van der Waals surface area contributed by atoms with Crippen LogP contribution in [-0.4, -0.2) is 42.8 Å². The normalized spacial score (nSPS) is 28.3. The molecule has 0 aromatic rings. The molecule has 0 unspecified atom stereocenters. The van der Waals surface area contributed by atoms with Gasteiger partial charge < -0.3 is 14.4 Å². The Labute approximate surface area is 76.6 Å². The van der Waals surface area contributed by atoms with Crippen LogP contribution in [0.1, 0.15) is 13.8 Å². The van der Waals surface area contributed by atoms with E-state index in [-0.39, 0.29) is 18.7 Å². The summed E-state index contributed by atoms with van der Waals surface area (Å²) in [6, 6.07) is 0. The minimum absolute atomic E-state index is 0.0112. The summed E-state index contributed by atoms with van der Waals surface area (Å²) >= 11 is 0. The van der Waals surface area contributed by atoms with Crippen molar-refractivity contribution in [1.82, 2.24) is 4.90 Å². The molecule has 5 nitrogen and oxygen atoms in total. The van der Waals surface area contributed by atoms with Crippen molar-refractivity contribution in [3.05, 3.63) is 0 Å². The van der Waals surface area contributed by atoms with Gasteiger partial charge in [0.15, 0.2) is 0 Å². The van der Waals surface area contributed by atoms with Gasteiger partial charge in [-0.25, -0.2) is 4.79 Å². The highest BCUT2D eigenvalue weighted by Crippen LogP contribution is 2.10. The van der Waals surface area contributed by atoms with E-state index in [0.717, 1.165) is 0 Å². The Morgan fingerprint density at radius 2 is 2.00 bits per heavy atom. The monoisotopic (exact) mass is 187 g/mol. The Balaban J connectivity index is 2.49. The van der Waals surface area contributed by atoms with E-state index in [0.29, 0.717) is 13.1 Å². The van der Waals surface area contributed by atoms with Crippen LogP contribution in [0.2, 0.25) is 0 Å². The molecule has 1 aliphatic rings. The zero-order valence-electron chi connectivity index (χ0n) is 7.73. The summed E-state index contributed by atoms with van der Waals surface area (Å²) in [4.78, 5) is 22.5. The van der Waals surface area contributed by atoms with Gasteiger partial charge in [-0.2, -0.15) is 0 Å². The van der Waals surface area contributed by atoms with E-state index in [4.69, 9.17) is 4.74 Å². The fraction of sp³-hybridized carbons (Fsp3) is 0.750. The molecule has 1 amide bonds. The Hall–Kier alpha value is -1.10. The molecule has 0 radical (unpaired) electrons. The van der Waals surface area contributed by atoms with Crippen molar-refractivity contribution in [2.75, 3.05) is 13.1 Å². The quantitative estimate of drug-likeness (QED) is 0.440. The Morgan fingerprint density at radius 3 is 2.46 bits per heavy atom. The SMILES string of the molecule is C[C@@H]1CN(C(=O)OC=O)C[C@H](C)O1. The van der Waals surface area contributed by atoms with Crippen LogP contribution >= 0.6 is 0 Å². The molecule has 13 heavy (non-hydrogen) atoms. The Bertz CT molecular complexity index is 196. The van der Waals surface area contributed by atoms with Gasteiger partial charge in [0, 0.05) is 0 Å². The molecule has 0 bridgehead atoms. The van der Waals surface area contributed by atoms with Crippen LogP contribution in [0.5, 0.6) is 0 Å². The number of carbonyl (C=O) groups is 2. The highest BCUT2D eigenvalue weighted by atomic mass is 16.6. The van der Waals surface area contributed by atoms with Gasteiger partial charge in [-0.3, -0.25) is 4.79 Å². The maximum Gasteiger partial charge on any atom is 0.417 e. The van der Waals surface area contributed by atoms with Crippen molar-refractivity contribution in [1.29, 1.82) is 0 Å². The van der Waals surface area contributed by atoms with Crippen LogP contribution < -0.4 is 0 Å². The number of hydrogen-bond donors (Lipinski definition) is 0. The third kappa shape index (κ3) is 2.69. The average molecular weight is 187 g/mol. The molecule has 1 heterocycles. The predicted octanol–water partition coefficient (Wildman–Crippen LogP) is 0.389. The van der Waals surface area contributed by atoms with Gasteiger partial charge in [-0.15, -0.1) is 0 Å². The summed E-state index contributed by atoms with van der Waals surface area (Å²) in [6.45, 7) is 4.83. The van der Waals surface area contributed by atoms with E-state index in [1.165, 1.54) is 4.90 Å². The zero-order chi connectivity index (χ0) is 9.84. The first kappa shape index (κ1) is 9.98. The topological polar surface area (TPSA) is 55.8 Å². The second-order valence-corrected chi connectivity index (χ2v) is 3.14. The van der Waals surface area contributed by atoms with Crippen molar-refractivity contribution in [3.63, 3.8) is 0 Å². The molecule has 0 aromatic carbocycles. The van der Waals surface area contributed by atoms with Gasteiger partial charge in [-0.05, 0) is 13.8 Å². The number of ether oxygens (including phenoxy) is 2.